The Morgan fingerprint density at radius 1 is 1.11 bits per heavy atom. The molecule has 1 aliphatic carbocycles. The van der Waals surface area contributed by atoms with Gasteiger partial charge in [-0.25, -0.2) is 0 Å². The third kappa shape index (κ3) is 8.31. The van der Waals surface area contributed by atoms with Crippen molar-refractivity contribution in [3.05, 3.63) is 5.89 Å². The first kappa shape index (κ1) is 29.3. The van der Waals surface area contributed by atoms with Crippen molar-refractivity contribution in [1.82, 2.24) is 25.3 Å². The van der Waals surface area contributed by atoms with Crippen molar-refractivity contribution in [2.45, 2.75) is 109 Å². The Hall–Kier alpha value is -1.94. The molecule has 1 aromatic rings. The lowest BCUT2D eigenvalue weighted by atomic mass is 9.85. The molecule has 1 unspecified atom stereocenters. The first-order valence-corrected chi connectivity index (χ1v) is 13.8. The molecule has 1 heterocycles. The summed E-state index contributed by atoms with van der Waals surface area (Å²) in [5, 5.41) is 11.7. The predicted molar refractivity (Wildman–Crippen MR) is 137 cm³/mol. The van der Waals surface area contributed by atoms with Crippen LogP contribution in [0.15, 0.2) is 9.64 Å². The van der Waals surface area contributed by atoms with Crippen LogP contribution in [0.25, 0.3) is 0 Å². The van der Waals surface area contributed by atoms with E-state index in [9.17, 15) is 14.4 Å². The zero-order valence-corrected chi connectivity index (χ0v) is 23.0. The molecule has 1 aliphatic rings. The largest absolute Gasteiger partial charge is 0.408 e. The van der Waals surface area contributed by atoms with Crippen LogP contribution in [0.4, 0.5) is 0 Å². The van der Waals surface area contributed by atoms with Crippen molar-refractivity contribution in [3.63, 3.8) is 0 Å². The molecule has 2 rings (SSSR count). The number of Topliss-reactive ketones (excluding diaryl/α,β-unsaturated/α-hetero) is 1. The third-order valence-electron chi connectivity index (χ3n) is 6.50. The van der Waals surface area contributed by atoms with Gasteiger partial charge in [-0.3, -0.25) is 14.4 Å². The zero-order chi connectivity index (χ0) is 26.0. The maximum Gasteiger partial charge on any atom is 0.286 e. The number of aromatic nitrogens is 2. The lowest BCUT2D eigenvalue weighted by Gasteiger charge is -2.48. The molecule has 0 bridgehead atoms. The number of nitrogens with one attached hydrogen (secondary N) is 1. The van der Waals surface area contributed by atoms with E-state index in [1.165, 1.54) is 11.8 Å². The Bertz CT molecular complexity index is 819. The van der Waals surface area contributed by atoms with Crippen LogP contribution < -0.4 is 5.32 Å². The van der Waals surface area contributed by atoms with E-state index in [1.54, 1.807) is 4.90 Å². The van der Waals surface area contributed by atoms with Crippen LogP contribution in [0.3, 0.4) is 0 Å². The molecule has 1 fully saturated rings. The number of thioether (sulfide) groups is 1. The molecule has 0 aliphatic heterocycles. The van der Waals surface area contributed by atoms with Gasteiger partial charge in [-0.05, 0) is 51.1 Å². The Labute approximate surface area is 214 Å². The molecule has 1 aromatic heterocycles. The molecule has 0 spiro atoms. The second kappa shape index (κ2) is 14.0. The average molecular weight is 510 g/mol. The van der Waals surface area contributed by atoms with Crippen molar-refractivity contribution in [2.24, 2.45) is 5.92 Å². The fraction of sp³-hybridized carbons (Fsp3) is 0.800. The molecule has 1 atom stereocenters. The van der Waals surface area contributed by atoms with Gasteiger partial charge in [0.2, 0.25) is 18.1 Å². The number of rotatable bonds is 15. The van der Waals surface area contributed by atoms with Crippen molar-refractivity contribution in [3.8, 4) is 0 Å². The van der Waals surface area contributed by atoms with E-state index in [4.69, 9.17) is 4.42 Å². The van der Waals surface area contributed by atoms with E-state index in [0.29, 0.717) is 37.5 Å². The lowest BCUT2D eigenvalue weighted by molar-refractivity contribution is -0.137. The normalized spacial score (nSPS) is 16.5. The number of hydrogen-bond acceptors (Lipinski definition) is 8. The average Bonchev–Trinajstić information content (AvgIpc) is 3.27. The van der Waals surface area contributed by atoms with Gasteiger partial charge in [-0.15, -0.1) is 10.2 Å². The highest BCUT2D eigenvalue weighted by atomic mass is 32.2. The van der Waals surface area contributed by atoms with Crippen molar-refractivity contribution < 1.29 is 18.8 Å². The molecular weight excluding hydrogens is 466 g/mol. The molecule has 35 heavy (non-hydrogen) atoms. The monoisotopic (exact) mass is 509 g/mol. The highest BCUT2D eigenvalue weighted by molar-refractivity contribution is 7.99. The predicted octanol–water partition coefficient (Wildman–Crippen LogP) is 4.13. The van der Waals surface area contributed by atoms with Gasteiger partial charge >= 0.3 is 0 Å². The van der Waals surface area contributed by atoms with Crippen LogP contribution in [-0.4, -0.2) is 74.7 Å². The second-order valence-electron chi connectivity index (χ2n) is 9.98. The first-order chi connectivity index (χ1) is 16.7. The van der Waals surface area contributed by atoms with Crippen molar-refractivity contribution >= 4 is 29.9 Å². The van der Waals surface area contributed by atoms with Crippen molar-refractivity contribution in [2.75, 3.05) is 19.6 Å². The summed E-state index contributed by atoms with van der Waals surface area (Å²) in [4.78, 5) is 43.0. The zero-order valence-electron chi connectivity index (χ0n) is 22.2. The summed E-state index contributed by atoms with van der Waals surface area (Å²) in [6.07, 6.45) is 5.51. The number of ketones is 1. The van der Waals surface area contributed by atoms with E-state index < -0.39 is 11.7 Å². The van der Waals surface area contributed by atoms with Gasteiger partial charge in [-0.2, -0.15) is 0 Å². The number of carbonyl (C=O) groups excluding carboxylic acids is 3. The fourth-order valence-corrected chi connectivity index (χ4v) is 5.29. The molecule has 198 valence electrons. The van der Waals surface area contributed by atoms with Gasteiger partial charge in [0.05, 0.1) is 0 Å². The second-order valence-corrected chi connectivity index (χ2v) is 11.5. The number of carbonyl (C=O) groups is 3. The molecule has 0 aromatic carbocycles. The summed E-state index contributed by atoms with van der Waals surface area (Å²) in [5.41, 5.74) is -0.898. The van der Waals surface area contributed by atoms with Gasteiger partial charge in [0.15, 0.2) is 0 Å². The van der Waals surface area contributed by atoms with Crippen LogP contribution in [-0.2, 0) is 9.59 Å². The topological polar surface area (TPSA) is 109 Å². The molecular formula is C25H43N5O4S. The minimum atomic E-state index is -0.898. The Morgan fingerprint density at radius 3 is 2.31 bits per heavy atom. The van der Waals surface area contributed by atoms with Crippen LogP contribution in [0, 0.1) is 5.92 Å². The Balaban J connectivity index is 2.33. The van der Waals surface area contributed by atoms with E-state index >= 15 is 0 Å². The SMILES string of the molecule is CCN(CC)CCC(=O)NC1(N(C=O)C(CC(C)C)C(=O)c2nnc(SC(C)C)o2)CCCCC1. The van der Waals surface area contributed by atoms with Gasteiger partial charge < -0.3 is 19.5 Å². The van der Waals surface area contributed by atoms with Crippen LogP contribution >= 0.6 is 11.8 Å². The number of amides is 2. The maximum atomic E-state index is 13.6. The van der Waals surface area contributed by atoms with Gasteiger partial charge in [0.25, 0.3) is 11.1 Å². The molecule has 9 nitrogen and oxygen atoms in total. The number of nitrogens with zero attached hydrogens (tertiary/aromatic N) is 4. The van der Waals surface area contributed by atoms with E-state index in [2.05, 4.69) is 34.3 Å². The smallest absolute Gasteiger partial charge is 0.286 e. The van der Waals surface area contributed by atoms with Gasteiger partial charge in [0, 0.05) is 18.2 Å². The fourth-order valence-electron chi connectivity index (χ4n) is 4.67. The molecule has 10 heteroatoms. The summed E-state index contributed by atoms with van der Waals surface area (Å²) < 4.78 is 5.66. The summed E-state index contributed by atoms with van der Waals surface area (Å²) in [6, 6.07) is -0.800. The lowest BCUT2D eigenvalue weighted by Crippen LogP contribution is -2.65. The van der Waals surface area contributed by atoms with E-state index in [-0.39, 0.29) is 28.7 Å². The van der Waals surface area contributed by atoms with E-state index in [0.717, 1.165) is 38.8 Å². The summed E-state index contributed by atoms with van der Waals surface area (Å²) >= 11 is 1.39. The molecule has 2 amide bonds. The minimum absolute atomic E-state index is 0.0931. The highest BCUT2D eigenvalue weighted by Crippen LogP contribution is 2.34. The van der Waals surface area contributed by atoms with Gasteiger partial charge in [0.1, 0.15) is 11.7 Å². The maximum absolute atomic E-state index is 13.6. The Kier molecular flexibility index (Phi) is 11.7. The molecule has 1 N–H and O–H groups in total. The standard InChI is InChI=1S/C25H43N5O4S/c1-7-29(8-2)15-12-21(32)26-25(13-10-9-11-14-25)30(17-31)20(16-18(3)4)22(33)23-27-28-24(34-23)35-19(5)6/h17-20H,7-16H2,1-6H3,(H,26,32). The van der Waals surface area contributed by atoms with Crippen LogP contribution in [0.1, 0.15) is 97.2 Å². The van der Waals surface area contributed by atoms with E-state index in [1.807, 2.05) is 27.7 Å². The summed E-state index contributed by atoms with van der Waals surface area (Å²) in [5.74, 6) is -0.437. The quantitative estimate of drug-likeness (QED) is 0.163. The highest BCUT2D eigenvalue weighted by Gasteiger charge is 2.45. The summed E-state index contributed by atoms with van der Waals surface area (Å²) in [6.45, 7) is 14.6. The summed E-state index contributed by atoms with van der Waals surface area (Å²) in [7, 11) is 0. The first-order valence-electron chi connectivity index (χ1n) is 13.0. The molecule has 0 saturated heterocycles. The Morgan fingerprint density at radius 2 is 1.77 bits per heavy atom. The van der Waals surface area contributed by atoms with Crippen LogP contribution in [0.5, 0.6) is 0 Å². The molecule has 1 saturated carbocycles. The van der Waals surface area contributed by atoms with Crippen molar-refractivity contribution in [1.29, 1.82) is 0 Å². The van der Waals surface area contributed by atoms with Gasteiger partial charge in [-0.1, -0.05) is 59.7 Å². The third-order valence-corrected chi connectivity index (χ3v) is 7.34. The van der Waals surface area contributed by atoms with Crippen LogP contribution in [0.2, 0.25) is 0 Å². The number of hydrogen-bond donors (Lipinski definition) is 1. The molecule has 0 radical (unpaired) electrons. The minimum Gasteiger partial charge on any atom is -0.408 e.